The Balaban J connectivity index is 1.54. The summed E-state index contributed by atoms with van der Waals surface area (Å²) in [6.45, 7) is 4.57. The number of anilines is 2. The van der Waals surface area contributed by atoms with Gasteiger partial charge in [-0.15, -0.1) is 10.2 Å². The van der Waals surface area contributed by atoms with E-state index in [1.807, 2.05) is 17.6 Å². The minimum absolute atomic E-state index is 0.726. The van der Waals surface area contributed by atoms with Gasteiger partial charge in [0.1, 0.15) is 0 Å². The minimum atomic E-state index is 0.726. The second-order valence-electron chi connectivity index (χ2n) is 5.43. The van der Waals surface area contributed by atoms with Gasteiger partial charge in [0, 0.05) is 26.0 Å². The van der Waals surface area contributed by atoms with Gasteiger partial charge in [0.2, 0.25) is 11.6 Å². The van der Waals surface area contributed by atoms with E-state index in [0.29, 0.717) is 0 Å². The van der Waals surface area contributed by atoms with Crippen molar-refractivity contribution in [3.05, 3.63) is 12.4 Å². The third-order valence-electron chi connectivity index (χ3n) is 3.94. The Morgan fingerprint density at radius 3 is 2.86 bits per heavy atom. The number of likely N-dealkylation sites (tertiary alicyclic amines) is 1. The van der Waals surface area contributed by atoms with Crippen molar-refractivity contribution < 1.29 is 0 Å². The Kier molecular flexibility index (Phi) is 4.49. The monoisotopic (exact) mass is 289 g/mol. The molecule has 0 amide bonds. The van der Waals surface area contributed by atoms with Crippen LogP contribution in [0.2, 0.25) is 0 Å². The zero-order valence-electron chi connectivity index (χ0n) is 12.5. The molecule has 3 rings (SSSR count). The highest BCUT2D eigenvalue weighted by molar-refractivity contribution is 5.64. The van der Waals surface area contributed by atoms with Crippen molar-refractivity contribution in [2.24, 2.45) is 0 Å². The van der Waals surface area contributed by atoms with Crippen molar-refractivity contribution in [3.8, 4) is 0 Å². The SMILES string of the molecule is CNc1nnc2c(NCCCN3CCCCC3)nccn12. The van der Waals surface area contributed by atoms with Gasteiger partial charge >= 0.3 is 0 Å². The molecule has 0 radical (unpaired) electrons. The first-order valence-corrected chi connectivity index (χ1v) is 7.72. The van der Waals surface area contributed by atoms with E-state index in [-0.39, 0.29) is 0 Å². The summed E-state index contributed by atoms with van der Waals surface area (Å²) >= 11 is 0. The summed E-state index contributed by atoms with van der Waals surface area (Å²) in [4.78, 5) is 6.91. The van der Waals surface area contributed by atoms with E-state index in [0.717, 1.165) is 36.9 Å². The molecule has 0 unspecified atom stereocenters. The summed E-state index contributed by atoms with van der Waals surface area (Å²) in [6.07, 6.45) is 8.84. The van der Waals surface area contributed by atoms with Crippen LogP contribution in [0.3, 0.4) is 0 Å². The van der Waals surface area contributed by atoms with Gasteiger partial charge in [-0.05, 0) is 38.9 Å². The zero-order valence-corrected chi connectivity index (χ0v) is 12.5. The van der Waals surface area contributed by atoms with Crippen LogP contribution >= 0.6 is 0 Å². The molecule has 7 heteroatoms. The number of piperidine rings is 1. The van der Waals surface area contributed by atoms with E-state index in [9.17, 15) is 0 Å². The van der Waals surface area contributed by atoms with Crippen molar-refractivity contribution in [3.63, 3.8) is 0 Å². The molecule has 0 atom stereocenters. The molecule has 1 fully saturated rings. The first kappa shape index (κ1) is 14.1. The quantitative estimate of drug-likeness (QED) is 0.785. The van der Waals surface area contributed by atoms with Gasteiger partial charge < -0.3 is 15.5 Å². The van der Waals surface area contributed by atoms with Crippen molar-refractivity contribution in [1.82, 2.24) is 24.5 Å². The van der Waals surface area contributed by atoms with Gasteiger partial charge in [-0.2, -0.15) is 0 Å². The predicted molar refractivity (Wildman–Crippen MR) is 83.7 cm³/mol. The molecule has 21 heavy (non-hydrogen) atoms. The van der Waals surface area contributed by atoms with Gasteiger partial charge in [-0.25, -0.2) is 4.98 Å². The number of hydrogen-bond donors (Lipinski definition) is 2. The fraction of sp³-hybridized carbons (Fsp3) is 0.643. The van der Waals surface area contributed by atoms with E-state index >= 15 is 0 Å². The topological polar surface area (TPSA) is 70.4 Å². The van der Waals surface area contributed by atoms with E-state index in [1.165, 1.54) is 32.4 Å². The fourth-order valence-electron chi connectivity index (χ4n) is 2.81. The predicted octanol–water partition coefficient (Wildman–Crippen LogP) is 1.45. The van der Waals surface area contributed by atoms with Crippen LogP contribution in [0.15, 0.2) is 12.4 Å². The molecule has 0 spiro atoms. The largest absolute Gasteiger partial charge is 0.367 e. The van der Waals surface area contributed by atoms with Gasteiger partial charge in [0.25, 0.3) is 0 Å². The molecule has 0 bridgehead atoms. The molecule has 7 nitrogen and oxygen atoms in total. The summed E-state index contributed by atoms with van der Waals surface area (Å²) in [5.74, 6) is 1.52. The third kappa shape index (κ3) is 3.24. The second kappa shape index (κ2) is 6.71. The first-order chi connectivity index (χ1) is 10.4. The average Bonchev–Trinajstić information content (AvgIpc) is 2.96. The van der Waals surface area contributed by atoms with Crippen LogP contribution in [0.25, 0.3) is 5.65 Å². The number of aromatic nitrogens is 4. The lowest BCUT2D eigenvalue weighted by atomic mass is 10.1. The lowest BCUT2D eigenvalue weighted by Gasteiger charge is -2.26. The molecule has 1 aliphatic rings. The van der Waals surface area contributed by atoms with Crippen LogP contribution < -0.4 is 10.6 Å². The standard InChI is InChI=1S/C14H23N7/c1-15-14-19-18-13-12(17-7-11-21(13)14)16-6-5-10-20-8-3-2-4-9-20/h7,11H,2-6,8-10H2,1H3,(H,15,19)(H,16,17). The van der Waals surface area contributed by atoms with Crippen LogP contribution in [0.5, 0.6) is 0 Å². The highest BCUT2D eigenvalue weighted by atomic mass is 15.3. The minimum Gasteiger partial charge on any atom is -0.367 e. The van der Waals surface area contributed by atoms with Gasteiger partial charge in [-0.3, -0.25) is 4.40 Å². The fourth-order valence-corrected chi connectivity index (χ4v) is 2.81. The maximum atomic E-state index is 4.36. The summed E-state index contributed by atoms with van der Waals surface area (Å²) in [7, 11) is 1.84. The molecule has 114 valence electrons. The first-order valence-electron chi connectivity index (χ1n) is 7.72. The van der Waals surface area contributed by atoms with Crippen LogP contribution in [-0.2, 0) is 0 Å². The van der Waals surface area contributed by atoms with Crippen molar-refractivity contribution >= 4 is 17.4 Å². The van der Waals surface area contributed by atoms with E-state index in [4.69, 9.17) is 0 Å². The number of hydrogen-bond acceptors (Lipinski definition) is 6. The second-order valence-corrected chi connectivity index (χ2v) is 5.43. The number of rotatable bonds is 6. The lowest BCUT2D eigenvalue weighted by Crippen LogP contribution is -2.31. The Morgan fingerprint density at radius 2 is 2.05 bits per heavy atom. The third-order valence-corrected chi connectivity index (χ3v) is 3.94. The molecule has 1 saturated heterocycles. The number of nitrogens with zero attached hydrogens (tertiary/aromatic N) is 5. The molecule has 0 aromatic carbocycles. The van der Waals surface area contributed by atoms with Crippen molar-refractivity contribution in [2.75, 3.05) is 43.9 Å². The van der Waals surface area contributed by atoms with Gasteiger partial charge in [0.05, 0.1) is 0 Å². The van der Waals surface area contributed by atoms with Gasteiger partial charge in [0.15, 0.2) is 5.82 Å². The van der Waals surface area contributed by atoms with E-state index in [2.05, 4.69) is 30.7 Å². The Bertz CT molecular complexity index is 574. The number of nitrogens with one attached hydrogen (secondary N) is 2. The van der Waals surface area contributed by atoms with Crippen LogP contribution in [0.1, 0.15) is 25.7 Å². The van der Waals surface area contributed by atoms with Crippen LogP contribution in [0.4, 0.5) is 11.8 Å². The summed E-state index contributed by atoms with van der Waals surface area (Å²) in [6, 6.07) is 0. The molecule has 0 saturated carbocycles. The zero-order chi connectivity index (χ0) is 14.5. The molecule has 2 aromatic heterocycles. The van der Waals surface area contributed by atoms with E-state index < -0.39 is 0 Å². The van der Waals surface area contributed by atoms with Crippen LogP contribution in [-0.4, -0.2) is 57.7 Å². The average molecular weight is 289 g/mol. The lowest BCUT2D eigenvalue weighted by molar-refractivity contribution is 0.228. The molecule has 1 aliphatic heterocycles. The normalized spacial score (nSPS) is 16.2. The highest BCUT2D eigenvalue weighted by Gasteiger charge is 2.10. The van der Waals surface area contributed by atoms with Crippen molar-refractivity contribution in [1.29, 1.82) is 0 Å². The summed E-state index contributed by atoms with van der Waals surface area (Å²) in [5, 5.41) is 14.7. The Morgan fingerprint density at radius 1 is 1.19 bits per heavy atom. The van der Waals surface area contributed by atoms with E-state index in [1.54, 1.807) is 6.20 Å². The Labute approximate surface area is 124 Å². The Hall–Kier alpha value is -1.89. The molecule has 0 aliphatic carbocycles. The summed E-state index contributed by atoms with van der Waals surface area (Å²) < 4.78 is 1.90. The molecule has 3 heterocycles. The maximum Gasteiger partial charge on any atom is 0.228 e. The number of fused-ring (bicyclic) bond motifs is 1. The van der Waals surface area contributed by atoms with Gasteiger partial charge in [-0.1, -0.05) is 6.42 Å². The molecule has 2 N–H and O–H groups in total. The highest BCUT2D eigenvalue weighted by Crippen LogP contribution is 2.14. The molecular weight excluding hydrogens is 266 g/mol. The van der Waals surface area contributed by atoms with Crippen LogP contribution in [0, 0.1) is 0 Å². The summed E-state index contributed by atoms with van der Waals surface area (Å²) in [5.41, 5.74) is 0.764. The maximum absolute atomic E-state index is 4.36. The molecule has 2 aromatic rings. The molecular formula is C14H23N7. The van der Waals surface area contributed by atoms with Crippen molar-refractivity contribution in [2.45, 2.75) is 25.7 Å². The smallest absolute Gasteiger partial charge is 0.228 e.